The fourth-order valence-corrected chi connectivity index (χ4v) is 4.13. The van der Waals surface area contributed by atoms with Gasteiger partial charge in [-0.25, -0.2) is 13.1 Å². The molecule has 3 rings (SSSR count). The number of sulfonamides is 1. The smallest absolute Gasteiger partial charge is 0.240 e. The molecule has 27 heavy (non-hydrogen) atoms. The summed E-state index contributed by atoms with van der Waals surface area (Å²) in [4.78, 5) is 0.263. The molecule has 1 aliphatic heterocycles. The lowest BCUT2D eigenvalue weighted by Crippen LogP contribution is -2.32. The van der Waals surface area contributed by atoms with E-state index in [4.69, 9.17) is 9.47 Å². The molecule has 0 radical (unpaired) electrons. The van der Waals surface area contributed by atoms with Gasteiger partial charge in [0.2, 0.25) is 10.0 Å². The standard InChI is InChI=1S/C21H27NO4S/c1-15(2)25-18-7-5-6-16(12-18)14-22-27(23,24)19-8-9-20-17(13-19)10-11-21(3,4)26-20/h5-9,12-13,15,22H,10-11,14H2,1-4H3. The normalized spacial score (nSPS) is 15.9. The second kappa shape index (κ2) is 7.52. The molecule has 0 fully saturated rings. The van der Waals surface area contributed by atoms with Crippen LogP contribution in [0.15, 0.2) is 47.4 Å². The van der Waals surface area contributed by atoms with E-state index in [2.05, 4.69) is 4.72 Å². The molecule has 1 N–H and O–H groups in total. The van der Waals surface area contributed by atoms with Crippen molar-refractivity contribution < 1.29 is 17.9 Å². The van der Waals surface area contributed by atoms with Crippen LogP contribution in [-0.2, 0) is 23.0 Å². The minimum absolute atomic E-state index is 0.0691. The third kappa shape index (κ3) is 5.02. The first-order chi connectivity index (χ1) is 12.6. The molecule has 0 atom stereocenters. The molecule has 2 aromatic carbocycles. The van der Waals surface area contributed by atoms with E-state index in [-0.39, 0.29) is 23.1 Å². The number of hydrogen-bond donors (Lipinski definition) is 1. The molecule has 0 aromatic heterocycles. The number of hydrogen-bond acceptors (Lipinski definition) is 4. The molecule has 0 saturated heterocycles. The van der Waals surface area contributed by atoms with Gasteiger partial charge in [-0.05, 0) is 82.0 Å². The molecular weight excluding hydrogens is 362 g/mol. The molecule has 2 aromatic rings. The molecule has 1 heterocycles. The van der Waals surface area contributed by atoms with Crippen LogP contribution in [0.4, 0.5) is 0 Å². The molecule has 0 saturated carbocycles. The second-order valence-corrected chi connectivity index (χ2v) is 9.54. The summed E-state index contributed by atoms with van der Waals surface area (Å²) in [6.45, 7) is 8.20. The Kier molecular flexibility index (Phi) is 5.49. The predicted octanol–water partition coefficient (Wildman–Crippen LogP) is 4.06. The molecule has 0 bridgehead atoms. The van der Waals surface area contributed by atoms with Crippen LogP contribution in [0, 0.1) is 0 Å². The Morgan fingerprint density at radius 1 is 1.19 bits per heavy atom. The highest BCUT2D eigenvalue weighted by Crippen LogP contribution is 2.34. The molecule has 1 aliphatic rings. The Labute approximate surface area is 161 Å². The summed E-state index contributed by atoms with van der Waals surface area (Å²) < 4.78 is 39.7. The van der Waals surface area contributed by atoms with E-state index in [1.807, 2.05) is 52.0 Å². The van der Waals surface area contributed by atoms with Gasteiger partial charge in [0.05, 0.1) is 11.0 Å². The van der Waals surface area contributed by atoms with E-state index in [9.17, 15) is 8.42 Å². The predicted molar refractivity (Wildman–Crippen MR) is 106 cm³/mol. The Hall–Kier alpha value is -2.05. The molecule has 0 amide bonds. The highest BCUT2D eigenvalue weighted by atomic mass is 32.2. The number of fused-ring (bicyclic) bond motifs is 1. The Morgan fingerprint density at radius 3 is 2.70 bits per heavy atom. The first-order valence-electron chi connectivity index (χ1n) is 9.22. The average molecular weight is 390 g/mol. The highest BCUT2D eigenvalue weighted by Gasteiger charge is 2.27. The number of ether oxygens (including phenoxy) is 2. The van der Waals surface area contributed by atoms with Crippen LogP contribution < -0.4 is 14.2 Å². The van der Waals surface area contributed by atoms with Gasteiger partial charge in [0.15, 0.2) is 0 Å². The Morgan fingerprint density at radius 2 is 1.96 bits per heavy atom. The first-order valence-corrected chi connectivity index (χ1v) is 10.7. The number of aryl methyl sites for hydroxylation is 1. The van der Waals surface area contributed by atoms with Gasteiger partial charge in [-0.15, -0.1) is 0 Å². The molecule has 146 valence electrons. The maximum atomic E-state index is 12.7. The van der Waals surface area contributed by atoms with Crippen molar-refractivity contribution in [2.45, 2.75) is 63.7 Å². The van der Waals surface area contributed by atoms with Crippen LogP contribution >= 0.6 is 0 Å². The van der Waals surface area contributed by atoms with E-state index in [1.165, 1.54) is 0 Å². The molecule has 0 unspecified atom stereocenters. The van der Waals surface area contributed by atoms with E-state index in [1.54, 1.807) is 18.2 Å². The highest BCUT2D eigenvalue weighted by molar-refractivity contribution is 7.89. The third-order valence-electron chi connectivity index (χ3n) is 4.46. The van der Waals surface area contributed by atoms with Crippen LogP contribution in [0.5, 0.6) is 11.5 Å². The van der Waals surface area contributed by atoms with Gasteiger partial charge < -0.3 is 9.47 Å². The van der Waals surface area contributed by atoms with Crippen LogP contribution in [0.2, 0.25) is 0 Å². The minimum Gasteiger partial charge on any atom is -0.491 e. The SMILES string of the molecule is CC(C)Oc1cccc(CNS(=O)(=O)c2ccc3c(c2)CCC(C)(C)O3)c1. The second-order valence-electron chi connectivity index (χ2n) is 7.77. The molecule has 0 aliphatic carbocycles. The van der Waals surface area contributed by atoms with Gasteiger partial charge in [0.25, 0.3) is 0 Å². The lowest BCUT2D eigenvalue weighted by atomic mass is 9.94. The van der Waals surface area contributed by atoms with Crippen LogP contribution in [0.3, 0.4) is 0 Å². The van der Waals surface area contributed by atoms with Crippen molar-refractivity contribution in [2.24, 2.45) is 0 Å². The maximum Gasteiger partial charge on any atom is 0.240 e. The summed E-state index contributed by atoms with van der Waals surface area (Å²) in [6, 6.07) is 12.5. The van der Waals surface area contributed by atoms with Crippen LogP contribution in [0.1, 0.15) is 45.2 Å². The van der Waals surface area contributed by atoms with Gasteiger partial charge >= 0.3 is 0 Å². The largest absolute Gasteiger partial charge is 0.491 e. The zero-order valence-electron chi connectivity index (χ0n) is 16.3. The van der Waals surface area contributed by atoms with Crippen LogP contribution in [-0.4, -0.2) is 20.1 Å². The van der Waals surface area contributed by atoms with Gasteiger partial charge in [-0.3, -0.25) is 0 Å². The summed E-state index contributed by atoms with van der Waals surface area (Å²) >= 11 is 0. The van der Waals surface area contributed by atoms with Gasteiger partial charge in [-0.2, -0.15) is 0 Å². The molecule has 0 spiro atoms. The fraction of sp³-hybridized carbons (Fsp3) is 0.429. The average Bonchev–Trinajstić information content (AvgIpc) is 2.58. The zero-order chi connectivity index (χ0) is 19.7. The Balaban J connectivity index is 1.72. The summed E-state index contributed by atoms with van der Waals surface area (Å²) in [5, 5.41) is 0. The first kappa shape index (κ1) is 19.7. The summed E-state index contributed by atoms with van der Waals surface area (Å²) in [5.74, 6) is 1.50. The summed E-state index contributed by atoms with van der Waals surface area (Å²) in [6.07, 6.45) is 1.74. The number of rotatable bonds is 6. The monoisotopic (exact) mass is 389 g/mol. The molecule has 5 nitrogen and oxygen atoms in total. The van der Waals surface area contributed by atoms with Crippen molar-refractivity contribution in [2.75, 3.05) is 0 Å². The Bertz CT molecular complexity index is 920. The minimum atomic E-state index is -3.60. The van der Waals surface area contributed by atoms with Gasteiger partial charge in [-0.1, -0.05) is 12.1 Å². The van der Waals surface area contributed by atoms with Crippen molar-refractivity contribution in [1.82, 2.24) is 4.72 Å². The third-order valence-corrected chi connectivity index (χ3v) is 5.86. The molecular formula is C21H27NO4S. The van der Waals surface area contributed by atoms with Crippen molar-refractivity contribution in [1.29, 1.82) is 0 Å². The van der Waals surface area contributed by atoms with Crippen molar-refractivity contribution in [3.8, 4) is 11.5 Å². The van der Waals surface area contributed by atoms with Crippen molar-refractivity contribution >= 4 is 10.0 Å². The number of nitrogens with one attached hydrogen (secondary N) is 1. The maximum absolute atomic E-state index is 12.7. The van der Waals surface area contributed by atoms with Crippen LogP contribution in [0.25, 0.3) is 0 Å². The zero-order valence-corrected chi connectivity index (χ0v) is 17.1. The quantitative estimate of drug-likeness (QED) is 0.809. The topological polar surface area (TPSA) is 64.6 Å². The van der Waals surface area contributed by atoms with Gasteiger partial charge in [0.1, 0.15) is 17.1 Å². The summed E-state index contributed by atoms with van der Waals surface area (Å²) in [5.41, 5.74) is 1.57. The van der Waals surface area contributed by atoms with Crippen molar-refractivity contribution in [3.63, 3.8) is 0 Å². The fourth-order valence-electron chi connectivity index (χ4n) is 3.06. The lowest BCUT2D eigenvalue weighted by molar-refractivity contribution is 0.0845. The summed E-state index contributed by atoms with van der Waals surface area (Å²) in [7, 11) is -3.60. The number of benzene rings is 2. The van der Waals surface area contributed by atoms with E-state index >= 15 is 0 Å². The van der Waals surface area contributed by atoms with Gasteiger partial charge in [0, 0.05) is 6.54 Å². The van der Waals surface area contributed by atoms with Crippen molar-refractivity contribution in [3.05, 3.63) is 53.6 Å². The lowest BCUT2D eigenvalue weighted by Gasteiger charge is -2.32. The van der Waals surface area contributed by atoms with E-state index in [0.29, 0.717) is 0 Å². The molecule has 6 heteroatoms. The van der Waals surface area contributed by atoms with E-state index < -0.39 is 10.0 Å². The van der Waals surface area contributed by atoms with E-state index in [0.717, 1.165) is 35.5 Å².